The summed E-state index contributed by atoms with van der Waals surface area (Å²) in [6.07, 6.45) is 0. The average molecular weight is 360 g/mol. The molecule has 0 unspecified atom stereocenters. The summed E-state index contributed by atoms with van der Waals surface area (Å²) in [6.45, 7) is 0.622. The lowest BCUT2D eigenvalue weighted by molar-refractivity contribution is 0.779. The highest BCUT2D eigenvalue weighted by molar-refractivity contribution is 6.42. The lowest BCUT2D eigenvalue weighted by atomic mass is 10.2. The number of halogens is 4. The molecule has 0 fully saturated rings. The number of fused-ring (bicyclic) bond motifs is 1. The quantitative estimate of drug-likeness (QED) is 0.541. The first-order chi connectivity index (χ1) is 10.1. The summed E-state index contributed by atoms with van der Waals surface area (Å²) >= 11 is 24.2. The largest absolute Gasteiger partial charge is 0.322 e. The zero-order chi connectivity index (χ0) is 15.0. The molecule has 108 valence electrons. The van der Waals surface area contributed by atoms with Gasteiger partial charge in [0.25, 0.3) is 0 Å². The Morgan fingerprint density at radius 2 is 1.76 bits per heavy atom. The maximum absolute atomic E-state index is 6.11. The van der Waals surface area contributed by atoms with E-state index in [1.165, 1.54) is 0 Å². The fourth-order valence-electron chi connectivity index (χ4n) is 2.27. The van der Waals surface area contributed by atoms with Crippen LogP contribution in [0.1, 0.15) is 11.4 Å². The van der Waals surface area contributed by atoms with E-state index in [-0.39, 0.29) is 0 Å². The van der Waals surface area contributed by atoms with Gasteiger partial charge >= 0.3 is 0 Å². The predicted molar refractivity (Wildman–Crippen MR) is 89.9 cm³/mol. The van der Waals surface area contributed by atoms with Gasteiger partial charge in [0, 0.05) is 11.6 Å². The van der Waals surface area contributed by atoms with Crippen LogP contribution in [0.25, 0.3) is 11.0 Å². The van der Waals surface area contributed by atoms with Gasteiger partial charge in [0.05, 0.1) is 27.0 Å². The van der Waals surface area contributed by atoms with Gasteiger partial charge in [-0.15, -0.1) is 11.6 Å². The van der Waals surface area contributed by atoms with Crippen molar-refractivity contribution in [1.29, 1.82) is 0 Å². The van der Waals surface area contributed by atoms with Gasteiger partial charge in [-0.25, -0.2) is 4.98 Å². The van der Waals surface area contributed by atoms with E-state index in [1.54, 1.807) is 6.07 Å². The fourth-order valence-corrected chi connectivity index (χ4v) is 3.00. The number of rotatable bonds is 3. The van der Waals surface area contributed by atoms with Gasteiger partial charge in [-0.1, -0.05) is 46.9 Å². The second-order valence-corrected chi connectivity index (χ2v) is 6.15. The number of imidazole rings is 1. The Labute approximate surface area is 142 Å². The Hall–Kier alpha value is -0.930. The van der Waals surface area contributed by atoms with Crippen LogP contribution < -0.4 is 0 Å². The maximum Gasteiger partial charge on any atom is 0.125 e. The SMILES string of the molecule is ClCc1nc2cc(Cl)c(Cl)cc2n1Cc1cccc(Cl)c1. The van der Waals surface area contributed by atoms with E-state index < -0.39 is 0 Å². The lowest BCUT2D eigenvalue weighted by Crippen LogP contribution is -2.03. The molecule has 1 heterocycles. The van der Waals surface area contributed by atoms with E-state index in [4.69, 9.17) is 46.4 Å². The number of alkyl halides is 1. The zero-order valence-corrected chi connectivity index (χ0v) is 13.8. The van der Waals surface area contributed by atoms with Crippen molar-refractivity contribution >= 4 is 57.4 Å². The zero-order valence-electron chi connectivity index (χ0n) is 10.8. The summed E-state index contributed by atoms with van der Waals surface area (Å²) < 4.78 is 2.02. The molecule has 0 spiro atoms. The summed E-state index contributed by atoms with van der Waals surface area (Å²) in [5.74, 6) is 1.08. The molecule has 0 aliphatic heterocycles. The Morgan fingerprint density at radius 1 is 1.00 bits per heavy atom. The van der Waals surface area contributed by atoms with E-state index in [2.05, 4.69) is 4.98 Å². The molecule has 6 heteroatoms. The number of benzene rings is 2. The van der Waals surface area contributed by atoms with Crippen LogP contribution in [0, 0.1) is 0 Å². The van der Waals surface area contributed by atoms with Crippen molar-refractivity contribution in [1.82, 2.24) is 9.55 Å². The molecule has 2 aromatic carbocycles. The van der Waals surface area contributed by atoms with Crippen LogP contribution >= 0.6 is 46.4 Å². The molecule has 2 nitrogen and oxygen atoms in total. The smallest absolute Gasteiger partial charge is 0.125 e. The lowest BCUT2D eigenvalue weighted by Gasteiger charge is -2.08. The molecule has 3 aromatic rings. The van der Waals surface area contributed by atoms with Crippen molar-refractivity contribution < 1.29 is 0 Å². The van der Waals surface area contributed by atoms with E-state index in [9.17, 15) is 0 Å². The Balaban J connectivity index is 2.14. The van der Waals surface area contributed by atoms with Gasteiger partial charge in [-0.05, 0) is 29.8 Å². The Morgan fingerprint density at radius 3 is 2.48 bits per heavy atom. The molecule has 21 heavy (non-hydrogen) atoms. The minimum atomic E-state index is 0.310. The van der Waals surface area contributed by atoms with Crippen LogP contribution in [0.2, 0.25) is 15.1 Å². The van der Waals surface area contributed by atoms with Gasteiger partial charge in [-0.3, -0.25) is 0 Å². The highest BCUT2D eigenvalue weighted by Gasteiger charge is 2.13. The number of aromatic nitrogens is 2. The molecular weight excluding hydrogens is 350 g/mol. The van der Waals surface area contributed by atoms with Gasteiger partial charge in [0.15, 0.2) is 0 Å². The van der Waals surface area contributed by atoms with Crippen LogP contribution in [-0.2, 0) is 12.4 Å². The van der Waals surface area contributed by atoms with Crippen LogP contribution in [0.3, 0.4) is 0 Å². The first-order valence-corrected chi connectivity index (χ1v) is 7.90. The summed E-state index contributed by atoms with van der Waals surface area (Å²) in [6, 6.07) is 11.3. The molecule has 0 saturated carbocycles. The third kappa shape index (κ3) is 3.00. The summed E-state index contributed by atoms with van der Waals surface area (Å²) in [7, 11) is 0. The second-order valence-electron chi connectivity index (χ2n) is 4.63. The first kappa shape index (κ1) is 15.0. The van der Waals surface area contributed by atoms with Crippen molar-refractivity contribution in [2.75, 3.05) is 0 Å². The highest BCUT2D eigenvalue weighted by Crippen LogP contribution is 2.29. The standard InChI is InChI=1S/C15H10Cl4N2/c16-7-15-20-13-5-11(18)12(19)6-14(13)21(15)8-9-2-1-3-10(17)4-9/h1-6H,7-8H2. The molecule has 0 aliphatic rings. The minimum absolute atomic E-state index is 0.310. The predicted octanol–water partition coefficient (Wildman–Crippen LogP) is 5.78. The number of nitrogens with zero attached hydrogens (tertiary/aromatic N) is 2. The molecular formula is C15H10Cl4N2. The van der Waals surface area contributed by atoms with Crippen LogP contribution in [-0.4, -0.2) is 9.55 Å². The van der Waals surface area contributed by atoms with Gasteiger partial charge in [-0.2, -0.15) is 0 Å². The van der Waals surface area contributed by atoms with Crippen molar-refractivity contribution in [3.05, 3.63) is 62.9 Å². The van der Waals surface area contributed by atoms with E-state index in [1.807, 2.05) is 34.9 Å². The Bertz CT molecular complexity index is 811. The summed E-state index contributed by atoms with van der Waals surface area (Å²) in [5, 5.41) is 1.68. The van der Waals surface area contributed by atoms with E-state index in [0.717, 1.165) is 22.4 Å². The topological polar surface area (TPSA) is 17.8 Å². The molecule has 0 N–H and O–H groups in total. The normalized spacial score (nSPS) is 11.2. The molecule has 0 atom stereocenters. The summed E-state index contributed by atoms with van der Waals surface area (Å²) in [4.78, 5) is 4.51. The van der Waals surface area contributed by atoms with E-state index >= 15 is 0 Å². The van der Waals surface area contributed by atoms with Gasteiger partial charge in [0.1, 0.15) is 5.82 Å². The molecule has 1 aromatic heterocycles. The van der Waals surface area contributed by atoms with Crippen LogP contribution in [0.15, 0.2) is 36.4 Å². The Kier molecular flexibility index (Phi) is 4.32. The second kappa shape index (κ2) is 6.05. The van der Waals surface area contributed by atoms with Crippen LogP contribution in [0.5, 0.6) is 0 Å². The minimum Gasteiger partial charge on any atom is -0.322 e. The van der Waals surface area contributed by atoms with Gasteiger partial charge in [0.2, 0.25) is 0 Å². The highest BCUT2D eigenvalue weighted by atomic mass is 35.5. The number of hydrogen-bond acceptors (Lipinski definition) is 1. The number of hydrogen-bond donors (Lipinski definition) is 0. The molecule has 0 radical (unpaired) electrons. The van der Waals surface area contributed by atoms with Crippen molar-refractivity contribution in [3.63, 3.8) is 0 Å². The molecule has 0 saturated heterocycles. The molecule has 0 bridgehead atoms. The monoisotopic (exact) mass is 358 g/mol. The van der Waals surface area contributed by atoms with E-state index in [0.29, 0.717) is 27.5 Å². The fraction of sp³-hybridized carbons (Fsp3) is 0.133. The van der Waals surface area contributed by atoms with Crippen molar-refractivity contribution in [2.45, 2.75) is 12.4 Å². The molecule has 0 aliphatic carbocycles. The summed E-state index contributed by atoms with van der Waals surface area (Å²) in [5.41, 5.74) is 2.75. The average Bonchev–Trinajstić information content (AvgIpc) is 2.77. The third-order valence-corrected chi connectivity index (χ3v) is 4.41. The maximum atomic E-state index is 6.11. The van der Waals surface area contributed by atoms with Crippen molar-refractivity contribution in [2.24, 2.45) is 0 Å². The molecule has 0 amide bonds. The third-order valence-electron chi connectivity index (χ3n) is 3.22. The van der Waals surface area contributed by atoms with Gasteiger partial charge < -0.3 is 4.57 Å². The van der Waals surface area contributed by atoms with Crippen LogP contribution in [0.4, 0.5) is 0 Å². The van der Waals surface area contributed by atoms with Crippen molar-refractivity contribution in [3.8, 4) is 0 Å². The first-order valence-electron chi connectivity index (χ1n) is 6.23. The molecule has 3 rings (SSSR count).